The Morgan fingerprint density at radius 1 is 1.12 bits per heavy atom. The monoisotopic (exact) mass is 333 g/mol. The normalized spacial score (nSPS) is 26.0. The van der Waals surface area contributed by atoms with Gasteiger partial charge in [-0.05, 0) is 59.7 Å². The third-order valence-electron chi connectivity index (χ3n) is 5.81. The van der Waals surface area contributed by atoms with E-state index in [1.807, 2.05) is 25.6 Å². The van der Waals surface area contributed by atoms with Crippen LogP contribution in [0.15, 0.2) is 0 Å². The average molecular weight is 333 g/mol. The van der Waals surface area contributed by atoms with Crippen molar-refractivity contribution in [3.05, 3.63) is 11.4 Å². The van der Waals surface area contributed by atoms with Gasteiger partial charge < -0.3 is 10.2 Å². The summed E-state index contributed by atoms with van der Waals surface area (Å²) in [6, 6.07) is 1.13. The standard InChI is InChI=1S/C18H31N5O/c1-13-18(14(2)22(4)20-13)19-17(24)12-23-11-7-9-15-16(23)8-5-6-10-21(15)3/h15-16H,5-12H2,1-4H3,(H,19,24)/t15-,16-/m1/s1. The molecule has 1 aromatic rings. The van der Waals surface area contributed by atoms with Crippen molar-refractivity contribution in [3.63, 3.8) is 0 Å². The summed E-state index contributed by atoms with van der Waals surface area (Å²) in [5.41, 5.74) is 2.76. The lowest BCUT2D eigenvalue weighted by Gasteiger charge is -2.43. The van der Waals surface area contributed by atoms with Gasteiger partial charge in [0.05, 0.1) is 23.6 Å². The topological polar surface area (TPSA) is 53.4 Å². The van der Waals surface area contributed by atoms with E-state index in [1.54, 1.807) is 0 Å². The Kier molecular flexibility index (Phi) is 5.25. The lowest BCUT2D eigenvalue weighted by atomic mass is 9.92. The van der Waals surface area contributed by atoms with E-state index in [0.717, 1.165) is 23.6 Å². The second-order valence-electron chi connectivity index (χ2n) is 7.44. The first-order valence-corrected chi connectivity index (χ1v) is 9.21. The molecule has 2 aliphatic heterocycles. The molecule has 0 saturated carbocycles. The van der Waals surface area contributed by atoms with Crippen molar-refractivity contribution in [1.82, 2.24) is 19.6 Å². The highest BCUT2D eigenvalue weighted by atomic mass is 16.2. The van der Waals surface area contributed by atoms with Gasteiger partial charge in [-0.2, -0.15) is 5.10 Å². The van der Waals surface area contributed by atoms with Crippen molar-refractivity contribution >= 4 is 11.6 Å². The van der Waals surface area contributed by atoms with E-state index < -0.39 is 0 Å². The molecule has 6 nitrogen and oxygen atoms in total. The van der Waals surface area contributed by atoms with Crippen LogP contribution in [0.5, 0.6) is 0 Å². The van der Waals surface area contributed by atoms with Crippen molar-refractivity contribution in [2.45, 2.75) is 58.0 Å². The van der Waals surface area contributed by atoms with Gasteiger partial charge in [0, 0.05) is 19.1 Å². The summed E-state index contributed by atoms with van der Waals surface area (Å²) in [6.07, 6.45) is 6.21. The predicted octanol–water partition coefficient (Wildman–Crippen LogP) is 1.92. The van der Waals surface area contributed by atoms with Crippen LogP contribution >= 0.6 is 0 Å². The molecular weight excluding hydrogens is 302 g/mol. The Balaban J connectivity index is 1.66. The number of amides is 1. The zero-order valence-electron chi connectivity index (χ0n) is 15.5. The van der Waals surface area contributed by atoms with Crippen molar-refractivity contribution < 1.29 is 4.79 Å². The highest BCUT2D eigenvalue weighted by Gasteiger charge is 2.35. The number of rotatable bonds is 3. The van der Waals surface area contributed by atoms with E-state index in [9.17, 15) is 4.79 Å². The molecule has 0 unspecified atom stereocenters. The number of carbonyl (C=O) groups excluding carboxylic acids is 1. The molecule has 3 rings (SSSR count). The second-order valence-corrected chi connectivity index (χ2v) is 7.44. The molecule has 2 saturated heterocycles. The van der Waals surface area contributed by atoms with Crippen LogP contribution in [0.25, 0.3) is 0 Å². The second kappa shape index (κ2) is 7.23. The minimum Gasteiger partial charge on any atom is -0.322 e. The van der Waals surface area contributed by atoms with Gasteiger partial charge in [-0.3, -0.25) is 14.4 Å². The van der Waals surface area contributed by atoms with E-state index in [1.165, 1.54) is 38.6 Å². The third kappa shape index (κ3) is 3.49. The van der Waals surface area contributed by atoms with Crippen LogP contribution in [-0.4, -0.2) is 64.3 Å². The molecular formula is C18H31N5O. The van der Waals surface area contributed by atoms with Gasteiger partial charge >= 0.3 is 0 Å². The number of likely N-dealkylation sites (N-methyl/N-ethyl adjacent to an activating group) is 1. The number of piperidine rings is 1. The number of hydrogen-bond donors (Lipinski definition) is 1. The van der Waals surface area contributed by atoms with Crippen molar-refractivity contribution in [2.24, 2.45) is 7.05 Å². The molecule has 0 bridgehead atoms. The van der Waals surface area contributed by atoms with E-state index in [-0.39, 0.29) is 5.91 Å². The van der Waals surface area contributed by atoms with Crippen LogP contribution in [0.4, 0.5) is 5.69 Å². The number of nitrogens with zero attached hydrogens (tertiary/aromatic N) is 4. The van der Waals surface area contributed by atoms with E-state index >= 15 is 0 Å². The minimum atomic E-state index is 0.0850. The molecule has 2 fully saturated rings. The third-order valence-corrected chi connectivity index (χ3v) is 5.81. The highest BCUT2D eigenvalue weighted by molar-refractivity contribution is 5.93. The molecule has 1 amide bonds. The largest absolute Gasteiger partial charge is 0.322 e. The molecule has 6 heteroatoms. The maximum atomic E-state index is 12.6. The van der Waals surface area contributed by atoms with Crippen molar-refractivity contribution in [2.75, 3.05) is 32.0 Å². The summed E-state index contributed by atoms with van der Waals surface area (Å²) in [4.78, 5) is 17.6. The summed E-state index contributed by atoms with van der Waals surface area (Å²) < 4.78 is 1.82. The van der Waals surface area contributed by atoms with Gasteiger partial charge in [-0.1, -0.05) is 6.42 Å². The molecule has 0 aromatic carbocycles. The Bertz CT molecular complexity index is 596. The number of anilines is 1. The van der Waals surface area contributed by atoms with E-state index in [0.29, 0.717) is 18.6 Å². The molecule has 0 aliphatic carbocycles. The van der Waals surface area contributed by atoms with Crippen LogP contribution in [0.2, 0.25) is 0 Å². The fourth-order valence-electron chi connectivity index (χ4n) is 4.39. The molecule has 3 heterocycles. The molecule has 1 aromatic heterocycles. The fourth-order valence-corrected chi connectivity index (χ4v) is 4.39. The number of aryl methyl sites for hydroxylation is 2. The Morgan fingerprint density at radius 3 is 2.58 bits per heavy atom. The zero-order valence-corrected chi connectivity index (χ0v) is 15.5. The van der Waals surface area contributed by atoms with Gasteiger partial charge in [0.25, 0.3) is 0 Å². The van der Waals surface area contributed by atoms with Gasteiger partial charge in [-0.25, -0.2) is 0 Å². The first-order chi connectivity index (χ1) is 11.5. The summed E-state index contributed by atoms with van der Waals surface area (Å²) in [5, 5.41) is 7.47. The Labute approximate surface area is 145 Å². The predicted molar refractivity (Wildman–Crippen MR) is 96.2 cm³/mol. The molecule has 2 atom stereocenters. The molecule has 24 heavy (non-hydrogen) atoms. The number of aromatic nitrogens is 2. The number of hydrogen-bond acceptors (Lipinski definition) is 4. The first-order valence-electron chi connectivity index (χ1n) is 9.21. The van der Waals surface area contributed by atoms with Crippen molar-refractivity contribution in [3.8, 4) is 0 Å². The fraction of sp³-hybridized carbons (Fsp3) is 0.778. The molecule has 1 N–H and O–H groups in total. The quantitative estimate of drug-likeness (QED) is 0.918. The number of likely N-dealkylation sites (tertiary alicyclic amines) is 2. The smallest absolute Gasteiger partial charge is 0.238 e. The zero-order chi connectivity index (χ0) is 17.3. The highest BCUT2D eigenvalue weighted by Crippen LogP contribution is 2.28. The van der Waals surface area contributed by atoms with Crippen LogP contribution in [0.3, 0.4) is 0 Å². The lowest BCUT2D eigenvalue weighted by Crippen LogP contribution is -2.55. The minimum absolute atomic E-state index is 0.0850. The number of nitrogens with one attached hydrogen (secondary N) is 1. The molecule has 2 aliphatic rings. The maximum Gasteiger partial charge on any atom is 0.238 e. The summed E-state index contributed by atoms with van der Waals surface area (Å²) in [6.45, 7) is 6.65. The van der Waals surface area contributed by atoms with E-state index in [4.69, 9.17) is 0 Å². The van der Waals surface area contributed by atoms with Gasteiger partial charge in [0.1, 0.15) is 0 Å². The van der Waals surface area contributed by atoms with Crippen LogP contribution in [0, 0.1) is 13.8 Å². The average Bonchev–Trinajstić information content (AvgIpc) is 2.71. The number of carbonyl (C=O) groups is 1. The maximum absolute atomic E-state index is 12.6. The Morgan fingerprint density at radius 2 is 1.88 bits per heavy atom. The SMILES string of the molecule is Cc1nn(C)c(C)c1NC(=O)CN1CCC[C@@H]2[C@H]1CCCCN2C. The number of fused-ring (bicyclic) bond motifs is 1. The van der Waals surface area contributed by atoms with Crippen LogP contribution in [0.1, 0.15) is 43.5 Å². The lowest BCUT2D eigenvalue weighted by molar-refractivity contribution is -0.118. The van der Waals surface area contributed by atoms with Crippen LogP contribution in [-0.2, 0) is 11.8 Å². The summed E-state index contributed by atoms with van der Waals surface area (Å²) in [5.74, 6) is 0.0850. The van der Waals surface area contributed by atoms with Gasteiger partial charge in [0.15, 0.2) is 0 Å². The molecule has 0 radical (unpaired) electrons. The summed E-state index contributed by atoms with van der Waals surface area (Å²) in [7, 11) is 4.16. The van der Waals surface area contributed by atoms with E-state index in [2.05, 4.69) is 27.3 Å². The molecule has 0 spiro atoms. The van der Waals surface area contributed by atoms with Crippen LogP contribution < -0.4 is 5.32 Å². The molecule has 134 valence electrons. The van der Waals surface area contributed by atoms with Gasteiger partial charge in [0.2, 0.25) is 5.91 Å². The summed E-state index contributed by atoms with van der Waals surface area (Å²) >= 11 is 0. The first kappa shape index (κ1) is 17.4. The Hall–Kier alpha value is -1.40. The van der Waals surface area contributed by atoms with Crippen molar-refractivity contribution in [1.29, 1.82) is 0 Å². The van der Waals surface area contributed by atoms with Gasteiger partial charge in [-0.15, -0.1) is 0 Å².